The first-order valence-electron chi connectivity index (χ1n) is 10.7. The second-order valence-corrected chi connectivity index (χ2v) is 8.62. The molecule has 0 unspecified atom stereocenters. The molecule has 1 heterocycles. The van der Waals surface area contributed by atoms with E-state index >= 15 is 0 Å². The Balaban J connectivity index is 1.45. The van der Waals surface area contributed by atoms with Crippen LogP contribution in [-0.2, 0) is 9.53 Å². The van der Waals surface area contributed by atoms with Crippen LogP contribution in [-0.4, -0.2) is 25.1 Å². The summed E-state index contributed by atoms with van der Waals surface area (Å²) in [5, 5.41) is 5.61. The van der Waals surface area contributed by atoms with Crippen molar-refractivity contribution < 1.29 is 19.1 Å². The van der Waals surface area contributed by atoms with Crippen LogP contribution in [0.25, 0.3) is 22.3 Å². The fourth-order valence-electron chi connectivity index (χ4n) is 3.38. The number of benzene rings is 3. The fourth-order valence-corrected chi connectivity index (χ4v) is 4.48. The standard InChI is InChI=1S/C27H22ClNO4S/c1-2-32-27(31)25-23(20-8-12-21(28)13-9-20)17-34-26(25)29-24(30)16-33-22-14-10-19(11-15-22)18-6-4-3-5-7-18/h3-15,17H,2,16H2,1H3,(H,29,30). The summed E-state index contributed by atoms with van der Waals surface area (Å²) in [6.45, 7) is 1.77. The van der Waals surface area contributed by atoms with E-state index in [1.165, 1.54) is 11.3 Å². The number of nitrogens with one attached hydrogen (secondary N) is 1. The van der Waals surface area contributed by atoms with Gasteiger partial charge in [-0.2, -0.15) is 0 Å². The zero-order valence-electron chi connectivity index (χ0n) is 18.4. The van der Waals surface area contributed by atoms with E-state index in [9.17, 15) is 9.59 Å². The van der Waals surface area contributed by atoms with Gasteiger partial charge in [-0.15, -0.1) is 11.3 Å². The average molecular weight is 492 g/mol. The number of rotatable bonds is 8. The first-order chi connectivity index (χ1) is 16.5. The Kier molecular flexibility index (Phi) is 7.62. The summed E-state index contributed by atoms with van der Waals surface area (Å²) in [4.78, 5) is 25.3. The van der Waals surface area contributed by atoms with Crippen LogP contribution in [0.2, 0.25) is 5.02 Å². The summed E-state index contributed by atoms with van der Waals surface area (Å²) < 4.78 is 10.9. The number of esters is 1. The van der Waals surface area contributed by atoms with Crippen molar-refractivity contribution in [1.82, 2.24) is 0 Å². The van der Waals surface area contributed by atoms with Crippen LogP contribution in [0.1, 0.15) is 17.3 Å². The second-order valence-electron chi connectivity index (χ2n) is 7.31. The van der Waals surface area contributed by atoms with E-state index in [4.69, 9.17) is 21.1 Å². The monoisotopic (exact) mass is 491 g/mol. The van der Waals surface area contributed by atoms with Crippen molar-refractivity contribution in [3.05, 3.63) is 94.8 Å². The lowest BCUT2D eigenvalue weighted by Gasteiger charge is -2.10. The third-order valence-corrected chi connectivity index (χ3v) is 6.16. The van der Waals surface area contributed by atoms with Gasteiger partial charge in [-0.1, -0.05) is 66.2 Å². The van der Waals surface area contributed by atoms with Crippen molar-refractivity contribution in [3.8, 4) is 28.0 Å². The molecule has 3 aromatic carbocycles. The molecule has 0 radical (unpaired) electrons. The fraction of sp³-hybridized carbons (Fsp3) is 0.111. The number of hydrogen-bond donors (Lipinski definition) is 1. The van der Waals surface area contributed by atoms with E-state index in [2.05, 4.69) is 5.32 Å². The first-order valence-corrected chi connectivity index (χ1v) is 11.9. The third-order valence-electron chi connectivity index (χ3n) is 5.01. The van der Waals surface area contributed by atoms with Crippen LogP contribution >= 0.6 is 22.9 Å². The number of carbonyl (C=O) groups is 2. The van der Waals surface area contributed by atoms with Crippen molar-refractivity contribution in [2.75, 3.05) is 18.5 Å². The van der Waals surface area contributed by atoms with E-state index in [1.54, 1.807) is 19.1 Å². The summed E-state index contributed by atoms with van der Waals surface area (Å²) in [5.41, 5.74) is 3.96. The number of carbonyl (C=O) groups excluding carboxylic acids is 2. The zero-order valence-corrected chi connectivity index (χ0v) is 20.0. The van der Waals surface area contributed by atoms with Crippen LogP contribution in [0, 0.1) is 0 Å². The van der Waals surface area contributed by atoms with Crippen molar-refractivity contribution in [2.45, 2.75) is 6.92 Å². The Morgan fingerprint density at radius 2 is 1.53 bits per heavy atom. The molecule has 0 aliphatic carbocycles. The minimum atomic E-state index is -0.499. The molecular weight excluding hydrogens is 470 g/mol. The lowest BCUT2D eigenvalue weighted by molar-refractivity contribution is -0.118. The highest BCUT2D eigenvalue weighted by Crippen LogP contribution is 2.36. The Hall–Kier alpha value is -3.61. The van der Waals surface area contributed by atoms with Crippen LogP contribution in [0.5, 0.6) is 5.75 Å². The van der Waals surface area contributed by atoms with Crippen LogP contribution in [0.4, 0.5) is 5.00 Å². The van der Waals surface area contributed by atoms with E-state index in [1.807, 2.05) is 72.1 Å². The lowest BCUT2D eigenvalue weighted by Crippen LogP contribution is -2.21. The lowest BCUT2D eigenvalue weighted by atomic mass is 10.0. The molecule has 0 atom stereocenters. The van der Waals surface area contributed by atoms with E-state index < -0.39 is 5.97 Å². The molecule has 0 bridgehead atoms. The maximum atomic E-state index is 12.7. The number of thiophene rings is 1. The summed E-state index contributed by atoms with van der Waals surface area (Å²) in [7, 11) is 0. The van der Waals surface area contributed by atoms with Crippen LogP contribution in [0.3, 0.4) is 0 Å². The molecule has 5 nitrogen and oxygen atoms in total. The molecule has 1 amide bonds. The normalized spacial score (nSPS) is 10.5. The predicted octanol–water partition coefficient (Wildman–Crippen LogP) is 6.93. The second kappa shape index (κ2) is 11.0. The van der Waals surface area contributed by atoms with Gasteiger partial charge in [0.1, 0.15) is 16.3 Å². The van der Waals surface area contributed by atoms with Crippen molar-refractivity contribution >= 4 is 39.8 Å². The van der Waals surface area contributed by atoms with Gasteiger partial charge < -0.3 is 14.8 Å². The minimum Gasteiger partial charge on any atom is -0.484 e. The largest absolute Gasteiger partial charge is 0.484 e. The number of halogens is 1. The first kappa shape index (κ1) is 23.5. The van der Waals surface area contributed by atoms with E-state index in [0.717, 1.165) is 16.7 Å². The summed E-state index contributed by atoms with van der Waals surface area (Å²) in [6.07, 6.45) is 0. The predicted molar refractivity (Wildman–Crippen MR) is 137 cm³/mol. The number of ether oxygens (including phenoxy) is 2. The van der Waals surface area contributed by atoms with Gasteiger partial charge in [0, 0.05) is 16.0 Å². The van der Waals surface area contributed by atoms with Gasteiger partial charge >= 0.3 is 5.97 Å². The van der Waals surface area contributed by atoms with Gasteiger partial charge in [0.15, 0.2) is 6.61 Å². The molecule has 0 saturated carbocycles. The molecular formula is C27H22ClNO4S. The van der Waals surface area contributed by atoms with E-state index in [0.29, 0.717) is 26.9 Å². The Morgan fingerprint density at radius 1 is 0.882 bits per heavy atom. The van der Waals surface area contributed by atoms with Crippen LogP contribution < -0.4 is 10.1 Å². The smallest absolute Gasteiger partial charge is 0.341 e. The van der Waals surface area contributed by atoms with Gasteiger partial charge in [-0.25, -0.2) is 4.79 Å². The van der Waals surface area contributed by atoms with Gasteiger partial charge in [-0.05, 0) is 47.9 Å². The van der Waals surface area contributed by atoms with E-state index in [-0.39, 0.29) is 19.1 Å². The molecule has 34 heavy (non-hydrogen) atoms. The number of hydrogen-bond acceptors (Lipinski definition) is 5. The van der Waals surface area contributed by atoms with Gasteiger partial charge in [0.2, 0.25) is 0 Å². The van der Waals surface area contributed by atoms with Gasteiger partial charge in [0.05, 0.1) is 6.61 Å². The molecule has 0 saturated heterocycles. The summed E-state index contributed by atoms with van der Waals surface area (Å²) in [6, 6.07) is 24.7. The number of amides is 1. The SMILES string of the molecule is CCOC(=O)c1c(-c2ccc(Cl)cc2)csc1NC(=O)COc1ccc(-c2ccccc2)cc1. The third kappa shape index (κ3) is 5.65. The van der Waals surface area contributed by atoms with Crippen molar-refractivity contribution in [3.63, 3.8) is 0 Å². The molecule has 172 valence electrons. The highest BCUT2D eigenvalue weighted by molar-refractivity contribution is 7.15. The number of anilines is 1. The molecule has 0 aliphatic rings. The molecule has 4 aromatic rings. The van der Waals surface area contributed by atoms with Gasteiger partial charge in [0.25, 0.3) is 5.91 Å². The maximum Gasteiger partial charge on any atom is 0.341 e. The Labute approximate surface area is 206 Å². The Morgan fingerprint density at radius 3 is 2.21 bits per heavy atom. The highest BCUT2D eigenvalue weighted by Gasteiger charge is 2.23. The van der Waals surface area contributed by atoms with Crippen molar-refractivity contribution in [1.29, 1.82) is 0 Å². The molecule has 1 aromatic heterocycles. The van der Waals surface area contributed by atoms with Crippen molar-refractivity contribution in [2.24, 2.45) is 0 Å². The average Bonchev–Trinajstić information content (AvgIpc) is 3.27. The maximum absolute atomic E-state index is 12.7. The van der Waals surface area contributed by atoms with Crippen LogP contribution in [0.15, 0.2) is 84.2 Å². The minimum absolute atomic E-state index is 0.193. The summed E-state index contributed by atoms with van der Waals surface area (Å²) >= 11 is 7.25. The highest BCUT2D eigenvalue weighted by atomic mass is 35.5. The molecule has 0 fully saturated rings. The molecule has 0 spiro atoms. The Bertz CT molecular complexity index is 1270. The zero-order chi connectivity index (χ0) is 23.9. The quantitative estimate of drug-likeness (QED) is 0.271. The summed E-state index contributed by atoms with van der Waals surface area (Å²) in [5.74, 6) is -0.294. The molecule has 7 heteroatoms. The molecule has 0 aliphatic heterocycles. The molecule has 1 N–H and O–H groups in total. The van der Waals surface area contributed by atoms with Gasteiger partial charge in [-0.3, -0.25) is 4.79 Å². The molecule has 4 rings (SSSR count). The topological polar surface area (TPSA) is 64.6 Å².